The first-order valence-electron chi connectivity index (χ1n) is 6.56. The number of hydrogen-bond donors (Lipinski definition) is 1. The maximum Gasteiger partial charge on any atom is 0.268 e. The number of carbonyl (C=O) groups is 2. The van der Waals surface area contributed by atoms with E-state index in [0.29, 0.717) is 10.8 Å². The summed E-state index contributed by atoms with van der Waals surface area (Å²) in [4.78, 5) is 29.0. The lowest BCUT2D eigenvalue weighted by Crippen LogP contribution is -2.17. The molecular formula is C15H10ClN3O3S. The molecule has 0 aliphatic carbocycles. The summed E-state index contributed by atoms with van der Waals surface area (Å²) in [6.45, 7) is 0. The molecule has 116 valence electrons. The van der Waals surface area contributed by atoms with Gasteiger partial charge < -0.3 is 4.42 Å². The van der Waals surface area contributed by atoms with Crippen LogP contribution in [0.25, 0.3) is 0 Å². The molecule has 0 saturated heterocycles. The van der Waals surface area contributed by atoms with Gasteiger partial charge in [-0.2, -0.15) is 0 Å². The molecule has 0 atom stereocenters. The Bertz CT molecular complexity index is 845. The van der Waals surface area contributed by atoms with E-state index in [-0.39, 0.29) is 12.2 Å². The van der Waals surface area contributed by atoms with E-state index in [1.807, 2.05) is 18.2 Å². The van der Waals surface area contributed by atoms with Gasteiger partial charge in [-0.25, -0.2) is 4.98 Å². The van der Waals surface area contributed by atoms with Crippen molar-refractivity contribution in [1.29, 1.82) is 0 Å². The summed E-state index contributed by atoms with van der Waals surface area (Å²) in [5.74, 6) is -1.13. The molecule has 0 amide bonds. The second-order valence-electron chi connectivity index (χ2n) is 4.53. The first kappa shape index (κ1) is 15.5. The largest absolute Gasteiger partial charge is 0.468 e. The van der Waals surface area contributed by atoms with E-state index >= 15 is 0 Å². The number of rotatable bonds is 6. The third kappa shape index (κ3) is 3.69. The van der Waals surface area contributed by atoms with Crippen molar-refractivity contribution in [2.24, 2.45) is 0 Å². The lowest BCUT2D eigenvalue weighted by atomic mass is 10.1. The van der Waals surface area contributed by atoms with E-state index in [4.69, 9.17) is 16.0 Å². The first-order valence-corrected chi connectivity index (χ1v) is 7.76. The van der Waals surface area contributed by atoms with Crippen molar-refractivity contribution < 1.29 is 14.0 Å². The molecule has 6 nitrogen and oxygen atoms in total. The number of nitrogens with zero attached hydrogens (tertiary/aromatic N) is 2. The van der Waals surface area contributed by atoms with Gasteiger partial charge in [0.2, 0.25) is 11.6 Å². The lowest BCUT2D eigenvalue weighted by Gasteiger charge is -1.99. The van der Waals surface area contributed by atoms with Crippen molar-refractivity contribution in [2.75, 3.05) is 0 Å². The summed E-state index contributed by atoms with van der Waals surface area (Å²) >= 11 is 7.51. The predicted octanol–water partition coefficient (Wildman–Crippen LogP) is 3.20. The monoisotopic (exact) mass is 347 g/mol. The molecule has 0 radical (unpaired) electrons. The van der Waals surface area contributed by atoms with Crippen LogP contribution < -0.4 is 0 Å². The highest BCUT2D eigenvalue weighted by atomic mass is 35.5. The number of aromatic nitrogens is 3. The van der Waals surface area contributed by atoms with Crippen molar-refractivity contribution in [3.05, 3.63) is 59.5 Å². The molecule has 0 unspecified atom stereocenters. The summed E-state index contributed by atoms with van der Waals surface area (Å²) in [5, 5.41) is 6.62. The summed E-state index contributed by atoms with van der Waals surface area (Å²) < 4.78 is 5.33. The molecule has 0 aliphatic heterocycles. The number of ketones is 2. The van der Waals surface area contributed by atoms with Gasteiger partial charge in [0.1, 0.15) is 18.4 Å². The molecule has 0 spiro atoms. The van der Waals surface area contributed by atoms with Gasteiger partial charge in [-0.15, -0.1) is 5.10 Å². The Kier molecular flexibility index (Phi) is 4.59. The minimum absolute atomic E-state index is 0.142. The lowest BCUT2D eigenvalue weighted by molar-refractivity contribution is -0.114. The third-order valence-corrected chi connectivity index (χ3v) is 4.37. The number of hydrogen-bond acceptors (Lipinski definition) is 6. The normalized spacial score (nSPS) is 10.7. The highest BCUT2D eigenvalue weighted by Gasteiger charge is 2.21. The van der Waals surface area contributed by atoms with E-state index in [0.717, 1.165) is 9.79 Å². The molecule has 0 saturated carbocycles. The average molecular weight is 348 g/mol. The number of furan rings is 1. The number of benzene rings is 1. The molecule has 3 rings (SSSR count). The number of H-pyrrole nitrogens is 1. The number of Topliss-reactive ketones (excluding diaryl/α,β-unsaturated/α-hetero) is 2. The van der Waals surface area contributed by atoms with Crippen LogP contribution in [-0.4, -0.2) is 26.7 Å². The van der Waals surface area contributed by atoms with Crippen LogP contribution in [0.1, 0.15) is 16.4 Å². The van der Waals surface area contributed by atoms with Gasteiger partial charge in [0, 0.05) is 4.90 Å². The van der Waals surface area contributed by atoms with Crippen LogP contribution >= 0.6 is 23.4 Å². The summed E-state index contributed by atoms with van der Waals surface area (Å²) in [6.07, 6.45) is 2.62. The first-order chi connectivity index (χ1) is 11.1. The molecule has 0 fully saturated rings. The highest BCUT2D eigenvalue weighted by Crippen LogP contribution is 2.34. The van der Waals surface area contributed by atoms with Crippen molar-refractivity contribution >= 4 is 34.9 Å². The smallest absolute Gasteiger partial charge is 0.268 e. The van der Waals surface area contributed by atoms with Crippen LogP contribution in [0, 0.1) is 0 Å². The van der Waals surface area contributed by atoms with E-state index in [9.17, 15) is 9.59 Å². The fraction of sp³-hybridized carbons (Fsp3) is 0.0667. The Morgan fingerprint density at radius 2 is 2.13 bits per heavy atom. The molecular weight excluding hydrogens is 338 g/mol. The second-order valence-corrected chi connectivity index (χ2v) is 6.06. The Hall–Kier alpha value is -2.38. The number of carbonyl (C=O) groups excluding carboxylic acids is 2. The average Bonchev–Trinajstić information content (AvgIpc) is 3.21. The second kappa shape index (κ2) is 6.80. The molecule has 23 heavy (non-hydrogen) atoms. The van der Waals surface area contributed by atoms with Gasteiger partial charge in [-0.3, -0.25) is 14.7 Å². The van der Waals surface area contributed by atoms with Crippen molar-refractivity contribution in [3.8, 4) is 0 Å². The summed E-state index contributed by atoms with van der Waals surface area (Å²) in [6, 6.07) is 9.12. The number of aromatic amines is 1. The quantitative estimate of drug-likeness (QED) is 0.544. The molecule has 0 aliphatic rings. The maximum absolute atomic E-state index is 11.9. The minimum atomic E-state index is -0.747. The third-order valence-electron chi connectivity index (χ3n) is 2.90. The van der Waals surface area contributed by atoms with Crippen LogP contribution in [0.2, 0.25) is 5.02 Å². The van der Waals surface area contributed by atoms with Crippen molar-refractivity contribution in [3.63, 3.8) is 0 Å². The van der Waals surface area contributed by atoms with E-state index in [1.54, 1.807) is 12.1 Å². The van der Waals surface area contributed by atoms with Gasteiger partial charge in [0.25, 0.3) is 5.78 Å². The zero-order valence-corrected chi connectivity index (χ0v) is 13.2. The Morgan fingerprint density at radius 3 is 2.87 bits per heavy atom. The van der Waals surface area contributed by atoms with Gasteiger partial charge in [-0.05, 0) is 18.2 Å². The minimum Gasteiger partial charge on any atom is -0.468 e. The van der Waals surface area contributed by atoms with Crippen LogP contribution in [0.3, 0.4) is 0 Å². The van der Waals surface area contributed by atoms with E-state index < -0.39 is 11.6 Å². The van der Waals surface area contributed by atoms with E-state index in [2.05, 4.69) is 15.2 Å². The van der Waals surface area contributed by atoms with Crippen LogP contribution in [-0.2, 0) is 11.2 Å². The fourth-order valence-corrected chi connectivity index (χ4v) is 2.95. The standard InChI is InChI=1S/C15H10ClN3O3S/c16-11-3-1-2-4-13(11)23-10-5-9(22-7-10)6-12(20)14(21)15-17-8-18-19-15/h1-5,7-8H,6H2,(H,17,18,19). The fourth-order valence-electron chi connectivity index (χ4n) is 1.84. The molecule has 1 aromatic carbocycles. The SMILES string of the molecule is O=C(Cc1cc(Sc2ccccc2Cl)co1)C(=O)c1nc[nH]n1. The zero-order chi connectivity index (χ0) is 16.2. The van der Waals surface area contributed by atoms with Gasteiger partial charge in [0.05, 0.1) is 16.3 Å². The number of nitrogens with one attached hydrogen (secondary N) is 1. The molecule has 0 bridgehead atoms. The zero-order valence-electron chi connectivity index (χ0n) is 11.7. The molecule has 2 heterocycles. The highest BCUT2D eigenvalue weighted by molar-refractivity contribution is 7.99. The Labute approximate surface area is 140 Å². The van der Waals surface area contributed by atoms with Crippen LogP contribution in [0.5, 0.6) is 0 Å². The topological polar surface area (TPSA) is 88.9 Å². The summed E-state index contributed by atoms with van der Waals surface area (Å²) in [5.41, 5.74) is 0. The van der Waals surface area contributed by atoms with Gasteiger partial charge >= 0.3 is 0 Å². The van der Waals surface area contributed by atoms with E-state index in [1.165, 1.54) is 24.4 Å². The number of halogens is 1. The van der Waals surface area contributed by atoms with Crippen LogP contribution in [0.15, 0.2) is 57.1 Å². The Balaban J connectivity index is 1.67. The van der Waals surface area contributed by atoms with Crippen LogP contribution in [0.4, 0.5) is 0 Å². The molecule has 2 aromatic heterocycles. The predicted molar refractivity (Wildman–Crippen MR) is 83.7 cm³/mol. The van der Waals surface area contributed by atoms with Gasteiger partial charge in [0.15, 0.2) is 0 Å². The molecule has 8 heteroatoms. The van der Waals surface area contributed by atoms with Crippen molar-refractivity contribution in [2.45, 2.75) is 16.2 Å². The molecule has 3 aromatic rings. The van der Waals surface area contributed by atoms with Crippen molar-refractivity contribution in [1.82, 2.24) is 15.2 Å². The summed E-state index contributed by atoms with van der Waals surface area (Å²) in [7, 11) is 0. The molecule has 1 N–H and O–H groups in total. The maximum atomic E-state index is 11.9. The van der Waals surface area contributed by atoms with Gasteiger partial charge in [-0.1, -0.05) is 35.5 Å². The Morgan fingerprint density at radius 1 is 1.30 bits per heavy atom.